The molecule has 1 N–H and O–H groups in total. The lowest BCUT2D eigenvalue weighted by Gasteiger charge is -2.01. The van der Waals surface area contributed by atoms with Gasteiger partial charge < -0.3 is 5.32 Å². The van der Waals surface area contributed by atoms with Crippen LogP contribution in [-0.4, -0.2) is 6.54 Å². The van der Waals surface area contributed by atoms with E-state index in [1.807, 2.05) is 24.3 Å². The van der Waals surface area contributed by atoms with Crippen molar-refractivity contribution in [3.63, 3.8) is 0 Å². The van der Waals surface area contributed by atoms with Crippen molar-refractivity contribution in [2.45, 2.75) is 6.92 Å². The smallest absolute Gasteiger partial charge is 0.0426 e. The van der Waals surface area contributed by atoms with Crippen LogP contribution in [0.2, 0.25) is 5.02 Å². The number of nitrogens with one attached hydrogen (secondary N) is 1. The first kappa shape index (κ1) is 7.42. The molecule has 1 aromatic rings. The third-order valence-electron chi connectivity index (χ3n) is 1.21. The second kappa shape index (κ2) is 3.47. The number of hydrogen-bond acceptors (Lipinski definition) is 1. The third kappa shape index (κ3) is 1.92. The molecule has 0 amide bonds. The maximum Gasteiger partial charge on any atom is 0.0426 e. The van der Waals surface area contributed by atoms with Gasteiger partial charge in [0.2, 0.25) is 0 Å². The van der Waals surface area contributed by atoms with Crippen LogP contribution in [0.25, 0.3) is 0 Å². The lowest BCUT2D eigenvalue weighted by atomic mass is 10.3. The van der Waals surface area contributed by atoms with Crippen molar-refractivity contribution in [2.75, 3.05) is 11.9 Å². The molecule has 54 valence electrons. The molecular formula is C8H10ClN. The maximum absolute atomic E-state index is 5.74. The number of anilines is 1. The van der Waals surface area contributed by atoms with E-state index in [-0.39, 0.29) is 0 Å². The Balaban J connectivity index is 2.75. The monoisotopic (exact) mass is 155 g/mol. The minimum Gasteiger partial charge on any atom is -0.385 e. The van der Waals surface area contributed by atoms with E-state index in [9.17, 15) is 0 Å². The van der Waals surface area contributed by atoms with Gasteiger partial charge in [0.25, 0.3) is 0 Å². The molecule has 0 unspecified atom stereocenters. The summed E-state index contributed by atoms with van der Waals surface area (Å²) >= 11 is 5.74. The van der Waals surface area contributed by atoms with Crippen LogP contribution < -0.4 is 5.32 Å². The Morgan fingerprint density at radius 3 is 2.90 bits per heavy atom. The molecule has 0 bridgehead atoms. The average molecular weight is 156 g/mol. The fourth-order valence-corrected chi connectivity index (χ4v) is 0.993. The highest BCUT2D eigenvalue weighted by Gasteiger charge is 1.88. The van der Waals surface area contributed by atoms with Crippen molar-refractivity contribution in [1.29, 1.82) is 0 Å². The lowest BCUT2D eigenvalue weighted by molar-refractivity contribution is 1.21. The Morgan fingerprint density at radius 1 is 1.50 bits per heavy atom. The van der Waals surface area contributed by atoms with Gasteiger partial charge in [-0.15, -0.1) is 0 Å². The van der Waals surface area contributed by atoms with Crippen molar-refractivity contribution in [3.8, 4) is 0 Å². The van der Waals surface area contributed by atoms with Crippen LogP contribution in [0.3, 0.4) is 0 Å². The molecule has 0 saturated carbocycles. The second-order valence-corrected chi connectivity index (χ2v) is 2.48. The third-order valence-corrected chi connectivity index (χ3v) is 1.44. The molecule has 10 heavy (non-hydrogen) atoms. The molecule has 0 radical (unpaired) electrons. The van der Waals surface area contributed by atoms with Gasteiger partial charge in [-0.2, -0.15) is 0 Å². The van der Waals surface area contributed by atoms with E-state index in [0.717, 1.165) is 17.3 Å². The van der Waals surface area contributed by atoms with Crippen molar-refractivity contribution in [3.05, 3.63) is 29.3 Å². The van der Waals surface area contributed by atoms with Gasteiger partial charge in [-0.1, -0.05) is 17.7 Å². The summed E-state index contributed by atoms with van der Waals surface area (Å²) in [6.07, 6.45) is 0. The van der Waals surface area contributed by atoms with Crippen molar-refractivity contribution in [1.82, 2.24) is 0 Å². The van der Waals surface area contributed by atoms with Crippen LogP contribution in [0, 0.1) is 0 Å². The summed E-state index contributed by atoms with van der Waals surface area (Å²) in [6, 6.07) is 7.70. The Labute approximate surface area is 66.0 Å². The van der Waals surface area contributed by atoms with E-state index in [2.05, 4.69) is 12.2 Å². The summed E-state index contributed by atoms with van der Waals surface area (Å²) < 4.78 is 0. The molecule has 0 atom stereocenters. The van der Waals surface area contributed by atoms with Crippen molar-refractivity contribution < 1.29 is 0 Å². The first-order valence-electron chi connectivity index (χ1n) is 3.32. The molecule has 0 heterocycles. The van der Waals surface area contributed by atoms with E-state index >= 15 is 0 Å². The zero-order chi connectivity index (χ0) is 7.40. The Morgan fingerprint density at radius 2 is 2.30 bits per heavy atom. The van der Waals surface area contributed by atoms with Crippen LogP contribution >= 0.6 is 11.6 Å². The van der Waals surface area contributed by atoms with Gasteiger partial charge in [-0.25, -0.2) is 0 Å². The molecule has 1 aromatic carbocycles. The average Bonchev–Trinajstić information content (AvgIpc) is 1.88. The summed E-state index contributed by atoms with van der Waals surface area (Å²) in [5, 5.41) is 3.94. The van der Waals surface area contributed by atoms with E-state index in [1.165, 1.54) is 0 Å². The summed E-state index contributed by atoms with van der Waals surface area (Å²) in [5.74, 6) is 0. The molecule has 0 aliphatic heterocycles. The summed E-state index contributed by atoms with van der Waals surface area (Å²) in [7, 11) is 0. The molecule has 2 heteroatoms. The molecular weight excluding hydrogens is 146 g/mol. The van der Waals surface area contributed by atoms with Gasteiger partial charge in [0.15, 0.2) is 0 Å². The number of hydrogen-bond donors (Lipinski definition) is 1. The fourth-order valence-electron chi connectivity index (χ4n) is 0.803. The van der Waals surface area contributed by atoms with E-state index < -0.39 is 0 Å². The quantitative estimate of drug-likeness (QED) is 0.693. The van der Waals surface area contributed by atoms with Gasteiger partial charge in [0.05, 0.1) is 0 Å². The number of halogens is 1. The van der Waals surface area contributed by atoms with Gasteiger partial charge >= 0.3 is 0 Å². The van der Waals surface area contributed by atoms with Crippen LogP contribution in [0.1, 0.15) is 6.92 Å². The van der Waals surface area contributed by atoms with Crippen LogP contribution in [0.15, 0.2) is 24.3 Å². The predicted octanol–water partition coefficient (Wildman–Crippen LogP) is 2.77. The second-order valence-electron chi connectivity index (χ2n) is 2.04. The largest absolute Gasteiger partial charge is 0.385 e. The van der Waals surface area contributed by atoms with E-state index in [4.69, 9.17) is 11.6 Å². The SMILES string of the molecule is CCNc1cccc(Cl)c1. The molecule has 0 aromatic heterocycles. The first-order chi connectivity index (χ1) is 4.83. The van der Waals surface area contributed by atoms with Crippen LogP contribution in [0.4, 0.5) is 5.69 Å². The highest BCUT2D eigenvalue weighted by Crippen LogP contribution is 2.13. The predicted molar refractivity (Wildman–Crippen MR) is 45.6 cm³/mol. The molecule has 0 fully saturated rings. The summed E-state index contributed by atoms with van der Waals surface area (Å²) in [5.41, 5.74) is 1.08. The first-order valence-corrected chi connectivity index (χ1v) is 3.70. The molecule has 1 nitrogen and oxygen atoms in total. The zero-order valence-corrected chi connectivity index (χ0v) is 6.65. The van der Waals surface area contributed by atoms with E-state index in [0.29, 0.717) is 0 Å². The minimum absolute atomic E-state index is 0.776. The topological polar surface area (TPSA) is 12.0 Å². The van der Waals surface area contributed by atoms with Crippen LogP contribution in [0.5, 0.6) is 0 Å². The summed E-state index contributed by atoms with van der Waals surface area (Å²) in [6.45, 7) is 2.99. The number of rotatable bonds is 2. The molecule has 1 rings (SSSR count). The number of benzene rings is 1. The van der Waals surface area contributed by atoms with Gasteiger partial charge in [0, 0.05) is 17.3 Å². The highest BCUT2D eigenvalue weighted by atomic mass is 35.5. The standard InChI is InChI=1S/C8H10ClN/c1-2-10-8-5-3-4-7(9)6-8/h3-6,10H,2H2,1H3. The Bertz CT molecular complexity index is 210. The Kier molecular flexibility index (Phi) is 2.57. The molecule has 0 aliphatic carbocycles. The zero-order valence-electron chi connectivity index (χ0n) is 5.89. The molecule has 0 aliphatic rings. The molecule has 0 saturated heterocycles. The fraction of sp³-hybridized carbons (Fsp3) is 0.250. The van der Waals surface area contributed by atoms with Crippen LogP contribution in [-0.2, 0) is 0 Å². The summed E-state index contributed by atoms with van der Waals surface area (Å²) in [4.78, 5) is 0. The highest BCUT2D eigenvalue weighted by molar-refractivity contribution is 6.30. The lowest BCUT2D eigenvalue weighted by Crippen LogP contribution is -1.95. The van der Waals surface area contributed by atoms with Crippen molar-refractivity contribution >= 4 is 17.3 Å². The van der Waals surface area contributed by atoms with Gasteiger partial charge in [0.1, 0.15) is 0 Å². The van der Waals surface area contributed by atoms with E-state index in [1.54, 1.807) is 0 Å². The minimum atomic E-state index is 0.776. The molecule has 0 spiro atoms. The normalized spacial score (nSPS) is 9.40. The Hall–Kier alpha value is -0.690. The van der Waals surface area contributed by atoms with Gasteiger partial charge in [-0.3, -0.25) is 0 Å². The maximum atomic E-state index is 5.74. The van der Waals surface area contributed by atoms with Gasteiger partial charge in [-0.05, 0) is 25.1 Å². The van der Waals surface area contributed by atoms with Crippen molar-refractivity contribution in [2.24, 2.45) is 0 Å².